The van der Waals surface area contributed by atoms with Gasteiger partial charge in [0.15, 0.2) is 5.78 Å². The van der Waals surface area contributed by atoms with E-state index in [1.54, 1.807) is 6.08 Å². The fourth-order valence-corrected chi connectivity index (χ4v) is 2.16. The largest absolute Gasteiger partial charge is 0.507 e. The second-order valence-electron chi connectivity index (χ2n) is 4.82. The molecule has 3 rings (SSSR count). The van der Waals surface area contributed by atoms with Gasteiger partial charge in [-0.25, -0.2) is 4.39 Å². The number of phenols is 1. The minimum absolute atomic E-state index is 0.0450. The molecule has 2 aromatic rings. The van der Waals surface area contributed by atoms with Crippen molar-refractivity contribution in [1.82, 2.24) is 0 Å². The Morgan fingerprint density at radius 3 is 2.71 bits per heavy atom. The lowest BCUT2D eigenvalue weighted by Crippen LogP contribution is -1.97. The number of ketones is 1. The van der Waals surface area contributed by atoms with E-state index in [1.807, 2.05) is 30.3 Å². The topological polar surface area (TPSA) is 49.8 Å². The molecule has 2 aromatic carbocycles. The molecule has 4 heteroatoms. The van der Waals surface area contributed by atoms with Gasteiger partial charge in [0.2, 0.25) is 0 Å². The van der Waals surface area contributed by atoms with Gasteiger partial charge < -0.3 is 9.84 Å². The van der Waals surface area contributed by atoms with Crippen molar-refractivity contribution < 1.29 is 19.0 Å². The highest BCUT2D eigenvalue weighted by atomic mass is 19.1. The first kappa shape index (κ1) is 13.5. The number of hydrogen-bond acceptors (Lipinski definition) is 3. The molecule has 0 amide bonds. The fraction of sp³-hybridized carbons (Fsp3) is 0.118. The van der Waals surface area contributed by atoms with E-state index in [2.05, 4.69) is 0 Å². The zero-order chi connectivity index (χ0) is 14.8. The molecule has 0 bridgehead atoms. The Morgan fingerprint density at radius 1 is 1.19 bits per heavy atom. The van der Waals surface area contributed by atoms with Crippen molar-refractivity contribution in [2.75, 3.05) is 0 Å². The SMILES string of the molecule is O=C(/C=C/[C@H]1O[C@@H]1c1ccccc1)c1cc(F)ccc1O. The molecule has 0 aliphatic carbocycles. The summed E-state index contributed by atoms with van der Waals surface area (Å²) >= 11 is 0. The minimum atomic E-state index is -0.561. The molecule has 1 saturated heterocycles. The molecule has 1 N–H and O–H groups in total. The summed E-state index contributed by atoms with van der Waals surface area (Å²) in [6.07, 6.45) is 2.73. The van der Waals surface area contributed by atoms with Crippen LogP contribution in [-0.2, 0) is 4.74 Å². The van der Waals surface area contributed by atoms with Crippen molar-refractivity contribution in [1.29, 1.82) is 0 Å². The summed E-state index contributed by atoms with van der Waals surface area (Å²) in [5.74, 6) is -1.24. The summed E-state index contributed by atoms with van der Waals surface area (Å²) < 4.78 is 18.6. The maximum Gasteiger partial charge on any atom is 0.189 e. The number of halogens is 1. The van der Waals surface area contributed by atoms with Gasteiger partial charge in [-0.3, -0.25) is 4.79 Å². The number of rotatable bonds is 4. The van der Waals surface area contributed by atoms with Crippen LogP contribution in [0, 0.1) is 5.82 Å². The number of allylic oxidation sites excluding steroid dienone is 1. The number of hydrogen-bond donors (Lipinski definition) is 1. The lowest BCUT2D eigenvalue weighted by molar-refractivity contribution is 0.104. The number of carbonyl (C=O) groups excluding carboxylic acids is 1. The van der Waals surface area contributed by atoms with Crippen molar-refractivity contribution in [3.63, 3.8) is 0 Å². The van der Waals surface area contributed by atoms with E-state index in [4.69, 9.17) is 4.74 Å². The second kappa shape index (κ2) is 5.50. The van der Waals surface area contributed by atoms with Gasteiger partial charge in [0.05, 0.1) is 5.56 Å². The third kappa shape index (κ3) is 3.01. The Balaban J connectivity index is 1.68. The smallest absolute Gasteiger partial charge is 0.189 e. The van der Waals surface area contributed by atoms with Gasteiger partial charge in [-0.15, -0.1) is 0 Å². The highest BCUT2D eigenvalue weighted by Gasteiger charge is 2.37. The number of benzene rings is 2. The van der Waals surface area contributed by atoms with Crippen molar-refractivity contribution in [3.05, 3.63) is 77.6 Å². The molecule has 0 aromatic heterocycles. The average molecular weight is 284 g/mol. The molecule has 1 aliphatic heterocycles. The zero-order valence-corrected chi connectivity index (χ0v) is 11.1. The van der Waals surface area contributed by atoms with Crippen LogP contribution in [0.4, 0.5) is 4.39 Å². The van der Waals surface area contributed by atoms with E-state index >= 15 is 0 Å². The van der Waals surface area contributed by atoms with Crippen LogP contribution in [-0.4, -0.2) is 17.0 Å². The normalized spacial score (nSPS) is 20.6. The van der Waals surface area contributed by atoms with E-state index in [-0.39, 0.29) is 23.5 Å². The van der Waals surface area contributed by atoms with Crippen LogP contribution >= 0.6 is 0 Å². The van der Waals surface area contributed by atoms with Crippen molar-refractivity contribution in [2.24, 2.45) is 0 Å². The van der Waals surface area contributed by atoms with Crippen LogP contribution in [0.2, 0.25) is 0 Å². The third-order valence-electron chi connectivity index (χ3n) is 3.31. The van der Waals surface area contributed by atoms with Gasteiger partial charge in [0.25, 0.3) is 0 Å². The maximum atomic E-state index is 13.1. The minimum Gasteiger partial charge on any atom is -0.507 e. The summed E-state index contributed by atoms with van der Waals surface area (Å²) in [5, 5.41) is 9.56. The van der Waals surface area contributed by atoms with E-state index in [1.165, 1.54) is 6.08 Å². The van der Waals surface area contributed by atoms with Crippen LogP contribution in [0.25, 0.3) is 0 Å². The number of phenolic OH excluding ortho intramolecular Hbond substituents is 1. The highest BCUT2D eigenvalue weighted by molar-refractivity contribution is 6.06. The molecule has 1 fully saturated rings. The Labute approximate surface area is 121 Å². The molecule has 1 aliphatic rings. The van der Waals surface area contributed by atoms with E-state index in [0.29, 0.717) is 0 Å². The van der Waals surface area contributed by atoms with E-state index < -0.39 is 11.6 Å². The maximum absolute atomic E-state index is 13.1. The molecule has 0 radical (unpaired) electrons. The first-order valence-electron chi connectivity index (χ1n) is 6.56. The van der Waals surface area contributed by atoms with Gasteiger partial charge in [0, 0.05) is 0 Å². The van der Waals surface area contributed by atoms with Gasteiger partial charge in [-0.2, -0.15) is 0 Å². The molecule has 1 heterocycles. The predicted octanol–water partition coefficient (Wildman–Crippen LogP) is 3.41. The monoisotopic (exact) mass is 284 g/mol. The Morgan fingerprint density at radius 2 is 1.95 bits per heavy atom. The highest BCUT2D eigenvalue weighted by Crippen LogP contribution is 2.39. The van der Waals surface area contributed by atoms with E-state index in [9.17, 15) is 14.3 Å². The summed E-state index contributed by atoms with van der Waals surface area (Å²) in [7, 11) is 0. The molecule has 3 nitrogen and oxygen atoms in total. The Hall–Kier alpha value is -2.46. The molecule has 0 unspecified atom stereocenters. The summed E-state index contributed by atoms with van der Waals surface area (Å²) in [5.41, 5.74) is 0.997. The van der Waals surface area contributed by atoms with Gasteiger partial charge in [-0.1, -0.05) is 30.3 Å². The zero-order valence-electron chi connectivity index (χ0n) is 11.1. The first-order valence-corrected chi connectivity index (χ1v) is 6.56. The molecular weight excluding hydrogens is 271 g/mol. The summed E-state index contributed by atoms with van der Waals surface area (Å²) in [6.45, 7) is 0. The predicted molar refractivity (Wildman–Crippen MR) is 75.6 cm³/mol. The van der Waals surface area contributed by atoms with Gasteiger partial charge >= 0.3 is 0 Å². The molecule has 0 saturated carbocycles. The summed E-state index contributed by atoms with van der Waals surface area (Å²) in [6, 6.07) is 13.0. The fourth-order valence-electron chi connectivity index (χ4n) is 2.16. The summed E-state index contributed by atoms with van der Waals surface area (Å²) in [4.78, 5) is 11.9. The van der Waals surface area contributed by atoms with Crippen LogP contribution in [0.3, 0.4) is 0 Å². The molecule has 0 spiro atoms. The molecule has 21 heavy (non-hydrogen) atoms. The average Bonchev–Trinajstić information content (AvgIpc) is 3.28. The lowest BCUT2D eigenvalue weighted by Gasteiger charge is -1.99. The molecule has 106 valence electrons. The molecule has 2 atom stereocenters. The number of epoxide rings is 1. The number of ether oxygens (including phenoxy) is 1. The van der Waals surface area contributed by atoms with Crippen LogP contribution in [0.5, 0.6) is 5.75 Å². The van der Waals surface area contributed by atoms with Crippen molar-refractivity contribution in [3.8, 4) is 5.75 Å². The van der Waals surface area contributed by atoms with Gasteiger partial charge in [-0.05, 0) is 35.9 Å². The Bertz CT molecular complexity index is 694. The van der Waals surface area contributed by atoms with Crippen LogP contribution < -0.4 is 0 Å². The quantitative estimate of drug-likeness (QED) is 0.532. The lowest BCUT2D eigenvalue weighted by atomic mass is 10.1. The number of carbonyl (C=O) groups is 1. The van der Waals surface area contributed by atoms with Crippen LogP contribution in [0.1, 0.15) is 22.0 Å². The van der Waals surface area contributed by atoms with Crippen molar-refractivity contribution >= 4 is 5.78 Å². The second-order valence-corrected chi connectivity index (χ2v) is 4.82. The number of aromatic hydroxyl groups is 1. The molecular formula is C17H13FO3. The van der Waals surface area contributed by atoms with E-state index in [0.717, 1.165) is 23.8 Å². The van der Waals surface area contributed by atoms with Crippen LogP contribution in [0.15, 0.2) is 60.7 Å². The standard InChI is InChI=1S/C17H13FO3/c18-12-6-7-14(19)13(10-12)15(20)8-9-16-17(21-16)11-4-2-1-3-5-11/h1-10,16-17,19H/b9-8+/t16-,17-/m1/s1. The first-order chi connectivity index (χ1) is 10.1. The third-order valence-corrected chi connectivity index (χ3v) is 3.31. The Kier molecular flexibility index (Phi) is 3.54. The van der Waals surface area contributed by atoms with Gasteiger partial charge in [0.1, 0.15) is 23.8 Å². The van der Waals surface area contributed by atoms with Crippen molar-refractivity contribution in [2.45, 2.75) is 12.2 Å².